The molecule has 0 radical (unpaired) electrons. The van der Waals surface area contributed by atoms with E-state index >= 15 is 0 Å². The molecule has 2 heterocycles. The first kappa shape index (κ1) is 23.0. The number of pyridine rings is 1. The predicted octanol–water partition coefficient (Wildman–Crippen LogP) is 3.36. The van der Waals surface area contributed by atoms with E-state index in [-0.39, 0.29) is 23.7 Å². The van der Waals surface area contributed by atoms with E-state index in [9.17, 15) is 22.8 Å². The van der Waals surface area contributed by atoms with E-state index in [0.29, 0.717) is 42.8 Å². The van der Waals surface area contributed by atoms with Crippen molar-refractivity contribution in [1.29, 1.82) is 0 Å². The van der Waals surface area contributed by atoms with Crippen molar-refractivity contribution in [2.75, 3.05) is 32.8 Å². The van der Waals surface area contributed by atoms with Crippen LogP contribution in [0.15, 0.2) is 59.4 Å². The van der Waals surface area contributed by atoms with Gasteiger partial charge in [0, 0.05) is 38.1 Å². The van der Waals surface area contributed by atoms with E-state index in [1.54, 1.807) is 31.3 Å². The van der Waals surface area contributed by atoms with Crippen molar-refractivity contribution < 1.29 is 22.7 Å². The van der Waals surface area contributed by atoms with Crippen molar-refractivity contribution in [2.45, 2.75) is 12.2 Å². The van der Waals surface area contributed by atoms with Crippen LogP contribution in [0, 0.1) is 0 Å². The molecular formula is C24H24F3N3O3. The molecule has 174 valence electrons. The number of benzene rings is 2. The van der Waals surface area contributed by atoms with Gasteiger partial charge in [0.25, 0.3) is 11.5 Å². The average Bonchev–Trinajstić information content (AvgIpc) is 2.82. The number of hydrogen-bond acceptors (Lipinski definition) is 4. The minimum absolute atomic E-state index is 0.174. The van der Waals surface area contributed by atoms with Gasteiger partial charge in [-0.05, 0) is 23.8 Å². The quantitative estimate of drug-likeness (QED) is 0.636. The van der Waals surface area contributed by atoms with Crippen LogP contribution in [0.1, 0.15) is 27.5 Å². The number of aryl methyl sites for hydroxylation is 1. The van der Waals surface area contributed by atoms with Crippen molar-refractivity contribution in [3.8, 4) is 0 Å². The van der Waals surface area contributed by atoms with Gasteiger partial charge in [-0.2, -0.15) is 13.2 Å². The summed E-state index contributed by atoms with van der Waals surface area (Å²) in [7, 11) is 1.64. The Morgan fingerprint density at radius 2 is 1.76 bits per heavy atom. The minimum Gasteiger partial charge on any atom is -0.379 e. The van der Waals surface area contributed by atoms with E-state index in [2.05, 4.69) is 10.2 Å². The number of hydrogen-bond donors (Lipinski definition) is 1. The Bertz CT molecular complexity index is 1200. The maximum Gasteiger partial charge on any atom is 0.416 e. The SMILES string of the molecule is Cn1c(=O)cc(C(=O)NCC(c2ccc(C(F)(F)F)cc2)N2CCOCC2)c2ccccc21. The summed E-state index contributed by atoms with van der Waals surface area (Å²) in [6.07, 6.45) is -4.41. The summed E-state index contributed by atoms with van der Waals surface area (Å²) >= 11 is 0. The highest BCUT2D eigenvalue weighted by atomic mass is 19.4. The lowest BCUT2D eigenvalue weighted by Gasteiger charge is -2.35. The molecule has 1 fully saturated rings. The van der Waals surface area contributed by atoms with Gasteiger partial charge in [0.2, 0.25) is 0 Å². The number of ether oxygens (including phenoxy) is 1. The molecule has 0 saturated carbocycles. The Balaban J connectivity index is 1.60. The molecule has 0 spiro atoms. The van der Waals surface area contributed by atoms with Gasteiger partial charge in [0.15, 0.2) is 0 Å². The number of aromatic nitrogens is 1. The number of carbonyl (C=O) groups excluding carboxylic acids is 1. The third-order valence-electron chi connectivity index (χ3n) is 5.96. The number of amides is 1. The molecule has 1 unspecified atom stereocenters. The normalized spacial score (nSPS) is 16.0. The number of nitrogens with one attached hydrogen (secondary N) is 1. The van der Waals surface area contributed by atoms with Gasteiger partial charge in [-0.1, -0.05) is 30.3 Å². The largest absolute Gasteiger partial charge is 0.416 e. The lowest BCUT2D eigenvalue weighted by atomic mass is 10.0. The van der Waals surface area contributed by atoms with Crippen LogP contribution in [0.4, 0.5) is 13.2 Å². The van der Waals surface area contributed by atoms with Crippen molar-refractivity contribution in [3.63, 3.8) is 0 Å². The summed E-state index contributed by atoms with van der Waals surface area (Å²) < 4.78 is 45.9. The van der Waals surface area contributed by atoms with Crippen LogP contribution in [0.3, 0.4) is 0 Å². The third-order valence-corrected chi connectivity index (χ3v) is 5.96. The summed E-state index contributed by atoms with van der Waals surface area (Å²) in [4.78, 5) is 27.5. The molecule has 6 nitrogen and oxygen atoms in total. The van der Waals surface area contributed by atoms with Gasteiger partial charge >= 0.3 is 6.18 Å². The summed E-state index contributed by atoms with van der Waals surface area (Å²) in [5.74, 6) is -0.408. The van der Waals surface area contributed by atoms with E-state index in [0.717, 1.165) is 12.1 Å². The van der Waals surface area contributed by atoms with E-state index in [1.807, 2.05) is 0 Å². The van der Waals surface area contributed by atoms with Gasteiger partial charge in [-0.25, -0.2) is 0 Å². The second-order valence-electron chi connectivity index (χ2n) is 7.97. The first-order valence-corrected chi connectivity index (χ1v) is 10.6. The highest BCUT2D eigenvalue weighted by Crippen LogP contribution is 2.31. The molecule has 33 heavy (non-hydrogen) atoms. The van der Waals surface area contributed by atoms with E-state index in [1.165, 1.54) is 22.8 Å². The molecule has 0 aliphatic carbocycles. The Labute approximate surface area is 188 Å². The lowest BCUT2D eigenvalue weighted by molar-refractivity contribution is -0.137. The molecule has 2 aromatic carbocycles. The highest BCUT2D eigenvalue weighted by molar-refractivity contribution is 6.06. The van der Waals surface area contributed by atoms with Gasteiger partial charge in [-0.15, -0.1) is 0 Å². The smallest absolute Gasteiger partial charge is 0.379 e. The molecule has 3 aromatic rings. The lowest BCUT2D eigenvalue weighted by Crippen LogP contribution is -2.44. The molecule has 0 bridgehead atoms. The number of rotatable bonds is 5. The molecule has 1 N–H and O–H groups in total. The van der Waals surface area contributed by atoms with Crippen LogP contribution in [0.5, 0.6) is 0 Å². The number of para-hydroxylation sites is 1. The summed E-state index contributed by atoms with van der Waals surface area (Å²) in [6.45, 7) is 2.37. The Morgan fingerprint density at radius 1 is 1.09 bits per heavy atom. The van der Waals surface area contributed by atoms with Crippen LogP contribution < -0.4 is 10.9 Å². The topological polar surface area (TPSA) is 63.6 Å². The molecule has 4 rings (SSSR count). The number of halogens is 3. The Hall–Kier alpha value is -3.17. The summed E-state index contributed by atoms with van der Waals surface area (Å²) in [5.41, 5.74) is 0.553. The summed E-state index contributed by atoms with van der Waals surface area (Å²) in [6, 6.07) is 13.1. The first-order chi connectivity index (χ1) is 15.8. The van der Waals surface area contributed by atoms with Gasteiger partial charge in [-0.3, -0.25) is 14.5 Å². The molecule has 1 aliphatic heterocycles. The zero-order chi connectivity index (χ0) is 23.6. The molecular weight excluding hydrogens is 435 g/mol. The maximum atomic E-state index is 13.1. The number of nitrogens with zero attached hydrogens (tertiary/aromatic N) is 2. The fourth-order valence-electron chi connectivity index (χ4n) is 4.12. The van der Waals surface area contributed by atoms with Gasteiger partial charge in [0.1, 0.15) is 0 Å². The second kappa shape index (κ2) is 9.36. The third kappa shape index (κ3) is 4.94. The van der Waals surface area contributed by atoms with Crippen LogP contribution in [0.25, 0.3) is 10.9 Å². The minimum atomic E-state index is -4.41. The Kier molecular flexibility index (Phi) is 6.53. The predicted molar refractivity (Wildman–Crippen MR) is 118 cm³/mol. The van der Waals surface area contributed by atoms with Crippen LogP contribution in [-0.4, -0.2) is 48.2 Å². The fraction of sp³-hybridized carbons (Fsp3) is 0.333. The molecule has 1 aromatic heterocycles. The van der Waals surface area contributed by atoms with Crippen molar-refractivity contribution >= 4 is 16.8 Å². The zero-order valence-corrected chi connectivity index (χ0v) is 18.1. The van der Waals surface area contributed by atoms with E-state index < -0.39 is 17.6 Å². The zero-order valence-electron chi connectivity index (χ0n) is 18.1. The maximum absolute atomic E-state index is 13.1. The first-order valence-electron chi connectivity index (χ1n) is 10.6. The van der Waals surface area contributed by atoms with Gasteiger partial charge < -0.3 is 14.6 Å². The number of fused-ring (bicyclic) bond motifs is 1. The molecule has 1 atom stereocenters. The Morgan fingerprint density at radius 3 is 2.42 bits per heavy atom. The van der Waals surface area contributed by atoms with Crippen LogP contribution >= 0.6 is 0 Å². The van der Waals surface area contributed by atoms with Crippen molar-refractivity contribution in [1.82, 2.24) is 14.8 Å². The monoisotopic (exact) mass is 459 g/mol. The molecule has 1 amide bonds. The molecule has 1 saturated heterocycles. The number of carbonyl (C=O) groups is 1. The van der Waals surface area contributed by atoms with Crippen LogP contribution in [-0.2, 0) is 18.0 Å². The average molecular weight is 459 g/mol. The van der Waals surface area contributed by atoms with Crippen molar-refractivity contribution in [2.24, 2.45) is 7.05 Å². The number of morpholine rings is 1. The number of alkyl halides is 3. The van der Waals surface area contributed by atoms with Gasteiger partial charge in [0.05, 0.1) is 35.9 Å². The molecule has 9 heteroatoms. The second-order valence-corrected chi connectivity index (χ2v) is 7.97. The van der Waals surface area contributed by atoms with Crippen LogP contribution in [0.2, 0.25) is 0 Å². The fourth-order valence-corrected chi connectivity index (χ4v) is 4.12. The van der Waals surface area contributed by atoms with Crippen molar-refractivity contribution in [3.05, 3.63) is 81.6 Å². The standard InChI is InChI=1S/C24H24F3N3O3/c1-29-20-5-3-2-4-18(20)19(14-22(29)31)23(32)28-15-21(30-10-12-33-13-11-30)16-6-8-17(9-7-16)24(25,26)27/h2-9,14,21H,10-13,15H2,1H3,(H,28,32). The summed E-state index contributed by atoms with van der Waals surface area (Å²) in [5, 5.41) is 3.53. The highest BCUT2D eigenvalue weighted by Gasteiger charge is 2.31. The molecule has 1 aliphatic rings. The van der Waals surface area contributed by atoms with E-state index in [4.69, 9.17) is 4.74 Å².